The zero-order valence-electron chi connectivity index (χ0n) is 9.83. The van der Waals surface area contributed by atoms with Crippen LogP contribution in [0.3, 0.4) is 0 Å². The maximum atomic E-state index is 11.6. The van der Waals surface area contributed by atoms with E-state index >= 15 is 0 Å². The summed E-state index contributed by atoms with van der Waals surface area (Å²) in [6.07, 6.45) is 1.56. The number of hydrogen-bond acceptors (Lipinski definition) is 4. The normalized spacial score (nSPS) is 12.7. The number of benzene rings is 1. The summed E-state index contributed by atoms with van der Waals surface area (Å²) in [5, 5.41) is 4.29. The number of aromatic nitrogens is 2. The summed E-state index contributed by atoms with van der Waals surface area (Å²) >= 11 is 11.9. The molecule has 1 aromatic carbocycles. The van der Waals surface area contributed by atoms with E-state index in [-0.39, 0.29) is 0 Å². The fraction of sp³-hybridized carbons (Fsp3) is 0.273. The van der Waals surface area contributed by atoms with E-state index < -0.39 is 10.8 Å². The van der Waals surface area contributed by atoms with Gasteiger partial charge in [0.2, 0.25) is 0 Å². The van der Waals surface area contributed by atoms with Crippen LogP contribution in [0.25, 0.3) is 11.0 Å². The molecule has 0 spiro atoms. The second-order valence-electron chi connectivity index (χ2n) is 3.62. The first-order valence-corrected chi connectivity index (χ1v) is 7.58. The predicted octanol–water partition coefficient (Wildman–Crippen LogP) is 3.11. The van der Waals surface area contributed by atoms with Crippen LogP contribution in [0.5, 0.6) is 0 Å². The number of hydrogen-bond donors (Lipinski definition) is 1. The molecule has 0 aliphatic heterocycles. The smallest absolute Gasteiger partial charge is 0.169 e. The van der Waals surface area contributed by atoms with Gasteiger partial charge in [0.25, 0.3) is 0 Å². The lowest BCUT2D eigenvalue weighted by Gasteiger charge is -2.09. The van der Waals surface area contributed by atoms with E-state index in [1.807, 2.05) is 6.92 Å². The minimum Gasteiger partial charge on any atom is -0.368 e. The number of nitrogens with zero attached hydrogens (tertiary/aromatic N) is 2. The molecule has 0 saturated heterocycles. The molecule has 0 aliphatic rings. The Bertz CT molecular complexity index is 633. The van der Waals surface area contributed by atoms with E-state index in [1.165, 1.54) is 0 Å². The summed E-state index contributed by atoms with van der Waals surface area (Å²) in [6.45, 7) is 2.61. The van der Waals surface area contributed by atoms with Gasteiger partial charge >= 0.3 is 0 Å². The van der Waals surface area contributed by atoms with Gasteiger partial charge in [-0.2, -0.15) is 0 Å². The molecule has 1 N–H and O–H groups in total. The van der Waals surface area contributed by atoms with Crippen molar-refractivity contribution in [2.75, 3.05) is 18.1 Å². The Hall–Kier alpha value is -0.910. The van der Waals surface area contributed by atoms with E-state index in [1.54, 1.807) is 18.4 Å². The molecule has 0 radical (unpaired) electrons. The van der Waals surface area contributed by atoms with Gasteiger partial charge in [-0.1, -0.05) is 23.2 Å². The highest BCUT2D eigenvalue weighted by atomic mass is 35.5. The summed E-state index contributed by atoms with van der Waals surface area (Å²) in [5.74, 6) is 0.518. The predicted molar refractivity (Wildman–Crippen MR) is 76.1 cm³/mol. The van der Waals surface area contributed by atoms with Crippen molar-refractivity contribution >= 4 is 50.9 Å². The summed E-state index contributed by atoms with van der Waals surface area (Å²) in [7, 11) is -1.22. The van der Waals surface area contributed by atoms with Crippen LogP contribution in [-0.2, 0) is 10.8 Å². The number of nitrogens with one attached hydrogen (secondary N) is 1. The molecule has 96 valence electrons. The molecule has 1 unspecified atom stereocenters. The van der Waals surface area contributed by atoms with Gasteiger partial charge in [-0.15, -0.1) is 0 Å². The summed E-state index contributed by atoms with van der Waals surface area (Å²) in [4.78, 5) is 8.71. The van der Waals surface area contributed by atoms with Crippen LogP contribution in [0, 0.1) is 0 Å². The van der Waals surface area contributed by atoms with Gasteiger partial charge in [0.15, 0.2) is 10.8 Å². The SMILES string of the molecule is CCNc1nc2cc(Cl)c(Cl)cc2nc1S(C)=O. The van der Waals surface area contributed by atoms with E-state index in [4.69, 9.17) is 23.2 Å². The topological polar surface area (TPSA) is 54.9 Å². The van der Waals surface area contributed by atoms with E-state index in [9.17, 15) is 4.21 Å². The third-order valence-corrected chi connectivity index (χ3v) is 3.84. The molecule has 0 saturated carbocycles. The Labute approximate surface area is 117 Å². The number of anilines is 1. The molecule has 7 heteroatoms. The van der Waals surface area contributed by atoms with Gasteiger partial charge in [0, 0.05) is 12.8 Å². The number of rotatable bonds is 3. The van der Waals surface area contributed by atoms with E-state index in [0.29, 0.717) is 38.5 Å². The highest BCUT2D eigenvalue weighted by molar-refractivity contribution is 7.84. The van der Waals surface area contributed by atoms with Crippen molar-refractivity contribution in [2.24, 2.45) is 0 Å². The molecular weight excluding hydrogens is 293 g/mol. The van der Waals surface area contributed by atoms with Gasteiger partial charge in [-0.3, -0.25) is 4.21 Å². The van der Waals surface area contributed by atoms with Crippen LogP contribution in [0.15, 0.2) is 17.2 Å². The summed E-state index contributed by atoms with van der Waals surface area (Å²) in [5.41, 5.74) is 1.20. The highest BCUT2D eigenvalue weighted by Gasteiger charge is 2.12. The minimum atomic E-state index is -1.22. The van der Waals surface area contributed by atoms with Crippen molar-refractivity contribution in [3.8, 4) is 0 Å². The lowest BCUT2D eigenvalue weighted by Crippen LogP contribution is -2.07. The standard InChI is InChI=1S/C11H11Cl2N3OS/c1-3-14-10-11(18(2)17)16-9-5-7(13)6(12)4-8(9)15-10/h4-5H,3H2,1-2H3,(H,14,15). The van der Waals surface area contributed by atoms with Gasteiger partial charge in [-0.25, -0.2) is 9.97 Å². The monoisotopic (exact) mass is 303 g/mol. The Morgan fingerprint density at radius 2 is 1.78 bits per heavy atom. The fourth-order valence-corrected chi connectivity index (χ4v) is 2.45. The van der Waals surface area contributed by atoms with Gasteiger partial charge < -0.3 is 5.32 Å². The van der Waals surface area contributed by atoms with Crippen molar-refractivity contribution in [3.05, 3.63) is 22.2 Å². The quantitative estimate of drug-likeness (QED) is 0.946. The molecule has 18 heavy (non-hydrogen) atoms. The van der Waals surface area contributed by atoms with E-state index in [2.05, 4.69) is 15.3 Å². The molecular formula is C11H11Cl2N3OS. The minimum absolute atomic E-state index is 0.405. The third kappa shape index (κ3) is 2.58. The average Bonchev–Trinajstić information content (AvgIpc) is 2.30. The first-order chi connectivity index (χ1) is 8.52. The van der Waals surface area contributed by atoms with Crippen LogP contribution in [0.1, 0.15) is 6.92 Å². The zero-order valence-corrected chi connectivity index (χ0v) is 12.2. The largest absolute Gasteiger partial charge is 0.368 e. The van der Waals surface area contributed by atoms with Crippen molar-refractivity contribution in [1.29, 1.82) is 0 Å². The Morgan fingerprint density at radius 3 is 2.28 bits per heavy atom. The lowest BCUT2D eigenvalue weighted by atomic mass is 10.3. The molecule has 0 bridgehead atoms. The van der Waals surface area contributed by atoms with Crippen molar-refractivity contribution in [1.82, 2.24) is 9.97 Å². The van der Waals surface area contributed by atoms with Gasteiger partial charge in [0.1, 0.15) is 0 Å². The molecule has 2 rings (SSSR count). The molecule has 4 nitrogen and oxygen atoms in total. The lowest BCUT2D eigenvalue weighted by molar-refractivity contribution is 0.684. The first-order valence-electron chi connectivity index (χ1n) is 5.27. The fourth-order valence-electron chi connectivity index (χ4n) is 1.52. The number of fused-ring (bicyclic) bond motifs is 1. The molecule has 1 atom stereocenters. The van der Waals surface area contributed by atoms with Crippen LogP contribution in [-0.4, -0.2) is 27.0 Å². The highest BCUT2D eigenvalue weighted by Crippen LogP contribution is 2.28. The van der Waals surface area contributed by atoms with Crippen molar-refractivity contribution in [3.63, 3.8) is 0 Å². The maximum absolute atomic E-state index is 11.6. The average molecular weight is 304 g/mol. The molecule has 0 amide bonds. The molecule has 1 heterocycles. The zero-order chi connectivity index (χ0) is 13.3. The molecule has 1 aromatic heterocycles. The Kier molecular flexibility index (Phi) is 4.04. The Balaban J connectivity index is 2.71. The van der Waals surface area contributed by atoms with E-state index in [0.717, 1.165) is 0 Å². The molecule has 2 aromatic rings. The van der Waals surface area contributed by atoms with Crippen molar-refractivity contribution in [2.45, 2.75) is 11.9 Å². The molecule has 0 fully saturated rings. The number of halogens is 2. The molecule has 0 aliphatic carbocycles. The second kappa shape index (κ2) is 5.38. The van der Waals surface area contributed by atoms with Crippen molar-refractivity contribution < 1.29 is 4.21 Å². The van der Waals surface area contributed by atoms with Gasteiger partial charge in [0.05, 0.1) is 31.9 Å². The van der Waals surface area contributed by atoms with Crippen LogP contribution in [0.4, 0.5) is 5.82 Å². The van der Waals surface area contributed by atoms with Gasteiger partial charge in [-0.05, 0) is 19.1 Å². The summed E-state index contributed by atoms with van der Waals surface area (Å²) < 4.78 is 11.6. The second-order valence-corrected chi connectivity index (χ2v) is 5.73. The van der Waals surface area contributed by atoms with Crippen LogP contribution < -0.4 is 5.32 Å². The first kappa shape index (κ1) is 13.5. The third-order valence-electron chi connectivity index (χ3n) is 2.29. The summed E-state index contributed by atoms with van der Waals surface area (Å²) in [6, 6.07) is 3.27. The van der Waals surface area contributed by atoms with Crippen LogP contribution >= 0.6 is 23.2 Å². The van der Waals surface area contributed by atoms with Crippen LogP contribution in [0.2, 0.25) is 10.0 Å². The Morgan fingerprint density at radius 1 is 1.22 bits per heavy atom. The maximum Gasteiger partial charge on any atom is 0.169 e.